The molecule has 7 heteroatoms. The Bertz CT molecular complexity index is 948. The van der Waals surface area contributed by atoms with Gasteiger partial charge >= 0.3 is 0 Å². The van der Waals surface area contributed by atoms with Crippen molar-refractivity contribution in [2.24, 2.45) is 0 Å². The third kappa shape index (κ3) is 3.05. The Balaban J connectivity index is 1.55. The van der Waals surface area contributed by atoms with Gasteiger partial charge in [-0.2, -0.15) is 10.2 Å². The fourth-order valence-corrected chi connectivity index (χ4v) is 3.48. The highest BCUT2D eigenvalue weighted by Crippen LogP contribution is 2.19. The zero-order valence-electron chi connectivity index (χ0n) is 13.8. The summed E-state index contributed by atoms with van der Waals surface area (Å²) in [5.41, 5.74) is 0.559. The second-order valence-electron chi connectivity index (χ2n) is 6.29. The molecule has 0 saturated carbocycles. The van der Waals surface area contributed by atoms with Crippen molar-refractivity contribution in [3.8, 4) is 0 Å². The van der Waals surface area contributed by atoms with Crippen molar-refractivity contribution in [2.45, 2.75) is 32.0 Å². The molecular formula is C18H19N5O2. The van der Waals surface area contributed by atoms with E-state index in [1.165, 1.54) is 6.20 Å². The number of nitrogens with zero attached hydrogens (tertiary/aromatic N) is 5. The maximum absolute atomic E-state index is 12.8. The summed E-state index contributed by atoms with van der Waals surface area (Å²) >= 11 is 0. The zero-order chi connectivity index (χ0) is 17.2. The van der Waals surface area contributed by atoms with Crippen LogP contribution in [0.4, 0.5) is 0 Å². The summed E-state index contributed by atoms with van der Waals surface area (Å²) < 4.78 is 3.48. The van der Waals surface area contributed by atoms with E-state index in [1.54, 1.807) is 16.9 Å². The number of carbonyl (C=O) groups is 1. The van der Waals surface area contributed by atoms with Crippen molar-refractivity contribution in [3.05, 3.63) is 59.1 Å². The SMILES string of the molecule is O=C(Cn1ncc(=O)c2ccccc21)N1CCC[C@H]1Cn1cccn1. The minimum Gasteiger partial charge on any atom is -0.336 e. The number of rotatable bonds is 4. The van der Waals surface area contributed by atoms with Gasteiger partial charge in [-0.05, 0) is 31.0 Å². The average Bonchev–Trinajstić information content (AvgIpc) is 3.30. The highest BCUT2D eigenvalue weighted by atomic mass is 16.2. The quantitative estimate of drug-likeness (QED) is 0.719. The number of para-hydroxylation sites is 1. The number of benzene rings is 1. The van der Waals surface area contributed by atoms with Gasteiger partial charge in [0.05, 0.1) is 24.3 Å². The molecule has 1 aliphatic heterocycles. The number of hydrogen-bond donors (Lipinski definition) is 0. The van der Waals surface area contributed by atoms with Gasteiger partial charge in [-0.1, -0.05) is 12.1 Å². The molecule has 0 aliphatic carbocycles. The second kappa shape index (κ2) is 6.51. The molecule has 0 spiro atoms. The molecule has 0 N–H and O–H groups in total. The zero-order valence-corrected chi connectivity index (χ0v) is 13.8. The van der Waals surface area contributed by atoms with Crippen molar-refractivity contribution in [3.63, 3.8) is 0 Å². The van der Waals surface area contributed by atoms with Crippen LogP contribution in [0.25, 0.3) is 10.9 Å². The van der Waals surface area contributed by atoms with Crippen molar-refractivity contribution in [1.29, 1.82) is 0 Å². The summed E-state index contributed by atoms with van der Waals surface area (Å²) in [6.45, 7) is 1.59. The molecule has 7 nitrogen and oxygen atoms in total. The van der Waals surface area contributed by atoms with Crippen molar-refractivity contribution < 1.29 is 4.79 Å². The lowest BCUT2D eigenvalue weighted by molar-refractivity contribution is -0.133. The Morgan fingerprint density at radius 1 is 1.20 bits per heavy atom. The molecule has 1 aliphatic rings. The van der Waals surface area contributed by atoms with E-state index in [9.17, 15) is 9.59 Å². The fourth-order valence-electron chi connectivity index (χ4n) is 3.48. The molecule has 4 rings (SSSR count). The number of aromatic nitrogens is 4. The van der Waals surface area contributed by atoms with Crippen LogP contribution < -0.4 is 5.43 Å². The average molecular weight is 337 g/mol. The van der Waals surface area contributed by atoms with E-state index in [0.29, 0.717) is 17.4 Å². The van der Waals surface area contributed by atoms with Crippen LogP contribution in [0.5, 0.6) is 0 Å². The highest BCUT2D eigenvalue weighted by molar-refractivity contribution is 5.81. The van der Waals surface area contributed by atoms with Crippen molar-refractivity contribution >= 4 is 16.8 Å². The molecule has 0 radical (unpaired) electrons. The summed E-state index contributed by atoms with van der Waals surface area (Å²) in [6, 6.07) is 9.28. The summed E-state index contributed by atoms with van der Waals surface area (Å²) in [5, 5.41) is 8.98. The smallest absolute Gasteiger partial charge is 0.244 e. The first-order chi connectivity index (χ1) is 12.2. The number of carbonyl (C=O) groups excluding carboxylic acids is 1. The molecule has 2 aromatic heterocycles. The minimum atomic E-state index is -0.128. The molecule has 128 valence electrons. The van der Waals surface area contributed by atoms with Crippen LogP contribution in [-0.4, -0.2) is 43.0 Å². The summed E-state index contributed by atoms with van der Waals surface area (Å²) in [6.07, 6.45) is 6.91. The number of likely N-dealkylation sites (tertiary alicyclic amines) is 1. The van der Waals surface area contributed by atoms with E-state index in [1.807, 2.05) is 40.0 Å². The summed E-state index contributed by atoms with van der Waals surface area (Å²) in [5.74, 6) is 0.0240. The highest BCUT2D eigenvalue weighted by Gasteiger charge is 2.29. The first kappa shape index (κ1) is 15.6. The largest absolute Gasteiger partial charge is 0.336 e. The van der Waals surface area contributed by atoms with Crippen LogP contribution in [0.2, 0.25) is 0 Å². The molecule has 1 fully saturated rings. The Morgan fingerprint density at radius 3 is 2.92 bits per heavy atom. The lowest BCUT2D eigenvalue weighted by Gasteiger charge is -2.25. The molecular weight excluding hydrogens is 318 g/mol. The molecule has 0 unspecified atom stereocenters. The Labute approximate surface area is 144 Å². The van der Waals surface area contributed by atoms with Gasteiger partial charge in [-0.15, -0.1) is 0 Å². The first-order valence-corrected chi connectivity index (χ1v) is 8.44. The van der Waals surface area contributed by atoms with E-state index >= 15 is 0 Å². The van der Waals surface area contributed by atoms with Crippen LogP contribution >= 0.6 is 0 Å². The number of hydrogen-bond acceptors (Lipinski definition) is 4. The molecule has 1 amide bonds. The van der Waals surface area contributed by atoms with E-state index in [2.05, 4.69) is 10.2 Å². The number of amides is 1. The third-order valence-electron chi connectivity index (χ3n) is 4.70. The Morgan fingerprint density at radius 2 is 2.08 bits per heavy atom. The second-order valence-corrected chi connectivity index (χ2v) is 6.29. The van der Waals surface area contributed by atoms with Gasteiger partial charge in [0.2, 0.25) is 11.3 Å². The summed E-state index contributed by atoms with van der Waals surface area (Å²) in [4.78, 5) is 26.7. The van der Waals surface area contributed by atoms with Gasteiger partial charge < -0.3 is 4.90 Å². The van der Waals surface area contributed by atoms with Gasteiger partial charge in [-0.25, -0.2) is 0 Å². The summed E-state index contributed by atoms with van der Waals surface area (Å²) in [7, 11) is 0. The molecule has 1 aromatic carbocycles. The maximum Gasteiger partial charge on any atom is 0.244 e. The Hall–Kier alpha value is -2.96. The lowest BCUT2D eigenvalue weighted by Crippen LogP contribution is -2.40. The molecule has 25 heavy (non-hydrogen) atoms. The monoisotopic (exact) mass is 337 g/mol. The van der Waals surface area contributed by atoms with E-state index < -0.39 is 0 Å². The van der Waals surface area contributed by atoms with Gasteiger partial charge in [0.25, 0.3) is 0 Å². The molecule has 1 atom stereocenters. The maximum atomic E-state index is 12.8. The normalized spacial score (nSPS) is 17.3. The van der Waals surface area contributed by atoms with Gasteiger partial charge in [0, 0.05) is 24.3 Å². The fraction of sp³-hybridized carbons (Fsp3) is 0.333. The van der Waals surface area contributed by atoms with Crippen LogP contribution in [0, 0.1) is 0 Å². The van der Waals surface area contributed by atoms with Crippen molar-refractivity contribution in [2.75, 3.05) is 6.54 Å². The predicted octanol–water partition coefficient (Wildman–Crippen LogP) is 1.28. The van der Waals surface area contributed by atoms with Crippen LogP contribution in [0.15, 0.2) is 53.7 Å². The van der Waals surface area contributed by atoms with Gasteiger partial charge in [0.1, 0.15) is 6.54 Å². The van der Waals surface area contributed by atoms with Crippen LogP contribution in [0.1, 0.15) is 12.8 Å². The van der Waals surface area contributed by atoms with E-state index in [0.717, 1.165) is 19.4 Å². The van der Waals surface area contributed by atoms with Gasteiger partial charge in [-0.3, -0.25) is 19.0 Å². The van der Waals surface area contributed by atoms with E-state index in [-0.39, 0.29) is 23.9 Å². The van der Waals surface area contributed by atoms with Gasteiger partial charge in [0.15, 0.2) is 0 Å². The third-order valence-corrected chi connectivity index (χ3v) is 4.70. The standard InChI is InChI=1S/C18H19N5O2/c24-17-11-20-23(16-7-2-1-6-15(16)17)13-18(25)22-10-3-5-14(22)12-21-9-4-8-19-21/h1-2,4,6-9,11,14H,3,5,10,12-13H2/t14-/m0/s1. The molecule has 1 saturated heterocycles. The first-order valence-electron chi connectivity index (χ1n) is 8.44. The van der Waals surface area contributed by atoms with Crippen molar-refractivity contribution in [1.82, 2.24) is 24.5 Å². The van der Waals surface area contributed by atoms with Crippen LogP contribution in [0.3, 0.4) is 0 Å². The number of fused-ring (bicyclic) bond motifs is 1. The molecule has 3 heterocycles. The molecule has 3 aromatic rings. The minimum absolute atomic E-state index is 0.0240. The predicted molar refractivity (Wildman–Crippen MR) is 93.0 cm³/mol. The molecule has 0 bridgehead atoms. The van der Waals surface area contributed by atoms with E-state index in [4.69, 9.17) is 0 Å². The lowest BCUT2D eigenvalue weighted by atomic mass is 10.2. The van der Waals surface area contributed by atoms with Crippen LogP contribution in [-0.2, 0) is 17.9 Å². The topological polar surface area (TPSA) is 73.0 Å². The Kier molecular flexibility index (Phi) is 4.05.